The van der Waals surface area contributed by atoms with Gasteiger partial charge in [-0.25, -0.2) is 0 Å². The van der Waals surface area contributed by atoms with Crippen LogP contribution in [0.2, 0.25) is 0 Å². The maximum Gasteiger partial charge on any atom is 0.290 e. The lowest BCUT2D eigenvalue weighted by Gasteiger charge is -2.36. The number of nitro benzene ring substituents is 1. The van der Waals surface area contributed by atoms with Gasteiger partial charge in [-0.3, -0.25) is 19.9 Å². The molecule has 5 rings (SSSR count). The number of furan rings is 1. The monoisotopic (exact) mass is 428 g/mol. The zero-order chi connectivity index (χ0) is 22.1. The molecule has 0 aliphatic carbocycles. The van der Waals surface area contributed by atoms with Crippen molar-refractivity contribution >= 4 is 28.1 Å². The first-order valence-electron chi connectivity index (χ1n) is 10.3. The van der Waals surface area contributed by atoms with E-state index < -0.39 is 4.92 Å². The van der Waals surface area contributed by atoms with E-state index in [9.17, 15) is 14.9 Å². The lowest BCUT2D eigenvalue weighted by atomic mass is 10.1. The average molecular weight is 428 g/mol. The van der Waals surface area contributed by atoms with Crippen LogP contribution < -0.4 is 4.90 Å². The first kappa shape index (κ1) is 19.7. The Bertz CT molecular complexity index is 1290. The molecule has 0 radical (unpaired) electrons. The first-order valence-corrected chi connectivity index (χ1v) is 10.3. The fourth-order valence-corrected chi connectivity index (χ4v) is 4.21. The Morgan fingerprint density at radius 1 is 0.969 bits per heavy atom. The highest BCUT2D eigenvalue weighted by atomic mass is 16.6. The number of rotatable bonds is 4. The number of carbonyl (C=O) groups is 1. The molecule has 4 aromatic rings. The minimum absolute atomic E-state index is 0.0388. The Kier molecular flexibility index (Phi) is 5.03. The molecule has 160 valence electrons. The van der Waals surface area contributed by atoms with Gasteiger partial charge in [0.15, 0.2) is 5.76 Å². The number of nitro groups is 1. The summed E-state index contributed by atoms with van der Waals surface area (Å²) < 4.78 is 5.56. The van der Waals surface area contributed by atoms with E-state index in [1.54, 1.807) is 29.5 Å². The van der Waals surface area contributed by atoms with E-state index >= 15 is 0 Å². The number of carbonyl (C=O) groups excluding carboxylic acids is 1. The van der Waals surface area contributed by atoms with Crippen LogP contribution in [0.1, 0.15) is 10.6 Å². The average Bonchev–Trinajstić information content (AvgIpc) is 3.33. The van der Waals surface area contributed by atoms with Gasteiger partial charge in [-0.15, -0.1) is 0 Å². The third kappa shape index (κ3) is 3.45. The van der Waals surface area contributed by atoms with Crippen LogP contribution in [0.3, 0.4) is 0 Å². The molecule has 0 saturated carbocycles. The molecule has 32 heavy (non-hydrogen) atoms. The summed E-state index contributed by atoms with van der Waals surface area (Å²) in [4.78, 5) is 32.1. The second-order valence-corrected chi connectivity index (χ2v) is 7.59. The number of pyridine rings is 1. The number of nitrogens with zero attached hydrogens (tertiary/aromatic N) is 4. The largest absolute Gasteiger partial charge is 0.459 e. The zero-order valence-corrected chi connectivity index (χ0v) is 17.2. The molecule has 1 fully saturated rings. The number of aromatic nitrogens is 1. The third-order valence-electron chi connectivity index (χ3n) is 5.82. The van der Waals surface area contributed by atoms with E-state index in [1.165, 1.54) is 12.3 Å². The zero-order valence-electron chi connectivity index (χ0n) is 17.2. The molecular formula is C24H20N4O4. The summed E-state index contributed by atoms with van der Waals surface area (Å²) >= 11 is 0. The van der Waals surface area contributed by atoms with Crippen LogP contribution in [-0.2, 0) is 0 Å². The van der Waals surface area contributed by atoms with Gasteiger partial charge in [0, 0.05) is 61.3 Å². The Balaban J connectivity index is 1.36. The predicted molar refractivity (Wildman–Crippen MR) is 121 cm³/mol. The molecular weight excluding hydrogens is 408 g/mol. The summed E-state index contributed by atoms with van der Waals surface area (Å²) in [7, 11) is 0. The number of fused-ring (bicyclic) bond motifs is 1. The second kappa shape index (κ2) is 8.14. The van der Waals surface area contributed by atoms with E-state index in [1.807, 2.05) is 36.4 Å². The van der Waals surface area contributed by atoms with Gasteiger partial charge in [-0.1, -0.05) is 30.3 Å². The number of piperazine rings is 1. The number of anilines is 1. The van der Waals surface area contributed by atoms with Crippen LogP contribution >= 0.6 is 0 Å². The van der Waals surface area contributed by atoms with Crippen molar-refractivity contribution in [3.05, 3.63) is 89.1 Å². The van der Waals surface area contributed by atoms with Crippen molar-refractivity contribution in [1.29, 1.82) is 0 Å². The molecule has 1 saturated heterocycles. The molecule has 0 N–H and O–H groups in total. The molecule has 8 heteroatoms. The Morgan fingerprint density at radius 3 is 2.50 bits per heavy atom. The summed E-state index contributed by atoms with van der Waals surface area (Å²) in [5.41, 5.74) is 2.67. The van der Waals surface area contributed by atoms with Crippen LogP contribution in [-0.4, -0.2) is 46.9 Å². The molecule has 8 nitrogen and oxygen atoms in total. The Labute approximate surface area is 183 Å². The van der Waals surface area contributed by atoms with Crippen LogP contribution in [0, 0.1) is 10.1 Å². The third-order valence-corrected chi connectivity index (χ3v) is 5.82. The van der Waals surface area contributed by atoms with E-state index in [4.69, 9.17) is 4.42 Å². The molecule has 0 atom stereocenters. The topological polar surface area (TPSA) is 92.7 Å². The number of amides is 1. The fourth-order valence-electron chi connectivity index (χ4n) is 4.21. The molecule has 2 aromatic heterocycles. The van der Waals surface area contributed by atoms with Gasteiger partial charge >= 0.3 is 0 Å². The molecule has 0 bridgehead atoms. The summed E-state index contributed by atoms with van der Waals surface area (Å²) in [6.45, 7) is 2.28. The number of hydrogen-bond donors (Lipinski definition) is 0. The van der Waals surface area contributed by atoms with Crippen LogP contribution in [0.25, 0.3) is 21.9 Å². The van der Waals surface area contributed by atoms with Crippen molar-refractivity contribution in [2.75, 3.05) is 31.1 Å². The maximum atomic E-state index is 13.2. The summed E-state index contributed by atoms with van der Waals surface area (Å²) in [6, 6.07) is 16.6. The summed E-state index contributed by atoms with van der Waals surface area (Å²) in [5, 5.41) is 12.7. The van der Waals surface area contributed by atoms with Crippen molar-refractivity contribution in [2.24, 2.45) is 0 Å². The van der Waals surface area contributed by atoms with Crippen molar-refractivity contribution < 1.29 is 14.1 Å². The van der Waals surface area contributed by atoms with Gasteiger partial charge in [0.25, 0.3) is 11.6 Å². The predicted octanol–water partition coefficient (Wildman–Crippen LogP) is 4.37. The van der Waals surface area contributed by atoms with Gasteiger partial charge in [-0.2, -0.15) is 0 Å². The number of non-ortho nitro benzene ring substituents is 1. The minimum atomic E-state index is -0.391. The Hall–Kier alpha value is -4.20. The highest BCUT2D eigenvalue weighted by molar-refractivity contribution is 6.00. The SMILES string of the molecule is O=C(c1occc1-c1ccccc1)N1CCN(c2ccc([N+](=O)[O-])c3cnccc23)CC1. The van der Waals surface area contributed by atoms with Crippen molar-refractivity contribution in [1.82, 2.24) is 9.88 Å². The van der Waals surface area contributed by atoms with Gasteiger partial charge < -0.3 is 14.2 Å². The molecule has 1 aliphatic heterocycles. The summed E-state index contributed by atoms with van der Waals surface area (Å²) in [6.07, 6.45) is 4.71. The lowest BCUT2D eigenvalue weighted by Crippen LogP contribution is -2.48. The smallest absolute Gasteiger partial charge is 0.290 e. The van der Waals surface area contributed by atoms with Crippen molar-refractivity contribution in [2.45, 2.75) is 0 Å². The van der Waals surface area contributed by atoms with Gasteiger partial charge in [0.05, 0.1) is 16.6 Å². The number of hydrogen-bond acceptors (Lipinski definition) is 6. The minimum Gasteiger partial charge on any atom is -0.459 e. The maximum absolute atomic E-state index is 13.2. The molecule has 3 heterocycles. The van der Waals surface area contributed by atoms with Gasteiger partial charge in [-0.05, 0) is 23.8 Å². The van der Waals surface area contributed by atoms with E-state index in [0.29, 0.717) is 37.3 Å². The standard InChI is InChI=1S/C24H20N4O4/c29-24(23-18(9-15-32-23)17-4-2-1-3-5-17)27-13-11-26(12-14-27)21-6-7-22(28(30)31)20-16-25-10-8-19(20)21/h1-10,15-16H,11-14H2. The van der Waals surface area contributed by atoms with Crippen LogP contribution in [0.5, 0.6) is 0 Å². The van der Waals surface area contributed by atoms with Crippen LogP contribution in [0.15, 0.2) is 77.7 Å². The quantitative estimate of drug-likeness (QED) is 0.354. The van der Waals surface area contributed by atoms with Crippen molar-refractivity contribution in [3.63, 3.8) is 0 Å². The second-order valence-electron chi connectivity index (χ2n) is 7.59. The highest BCUT2D eigenvalue weighted by Crippen LogP contribution is 2.34. The first-order chi connectivity index (χ1) is 15.6. The molecule has 2 aromatic carbocycles. The van der Waals surface area contributed by atoms with Gasteiger partial charge in [0.2, 0.25) is 0 Å². The molecule has 1 amide bonds. The lowest BCUT2D eigenvalue weighted by molar-refractivity contribution is -0.383. The normalized spacial score (nSPS) is 14.0. The number of benzene rings is 2. The van der Waals surface area contributed by atoms with E-state index in [-0.39, 0.29) is 11.6 Å². The fraction of sp³-hybridized carbons (Fsp3) is 0.167. The summed E-state index contributed by atoms with van der Waals surface area (Å²) in [5.74, 6) is 0.211. The Morgan fingerprint density at radius 2 is 1.75 bits per heavy atom. The van der Waals surface area contributed by atoms with Crippen molar-refractivity contribution in [3.8, 4) is 11.1 Å². The van der Waals surface area contributed by atoms with Gasteiger partial charge in [0.1, 0.15) is 0 Å². The van der Waals surface area contributed by atoms with E-state index in [2.05, 4.69) is 9.88 Å². The molecule has 0 spiro atoms. The molecule has 0 unspecified atom stereocenters. The highest BCUT2D eigenvalue weighted by Gasteiger charge is 2.27. The van der Waals surface area contributed by atoms with Crippen LogP contribution in [0.4, 0.5) is 11.4 Å². The van der Waals surface area contributed by atoms with E-state index in [0.717, 1.165) is 22.2 Å². The molecule has 1 aliphatic rings.